The number of carbonyl (C=O) groups excluding carboxylic acids is 2. The summed E-state index contributed by atoms with van der Waals surface area (Å²) in [6.07, 6.45) is 6.49. The van der Waals surface area contributed by atoms with E-state index in [0.717, 1.165) is 13.1 Å². The van der Waals surface area contributed by atoms with Crippen LogP contribution in [0, 0.1) is 0 Å². The lowest BCUT2D eigenvalue weighted by molar-refractivity contribution is -0.136. The molecule has 0 atom stereocenters. The van der Waals surface area contributed by atoms with E-state index in [1.807, 2.05) is 0 Å². The Morgan fingerprint density at radius 3 is 2.46 bits per heavy atom. The number of aromatic hydroxyl groups is 1. The van der Waals surface area contributed by atoms with Gasteiger partial charge in [-0.1, -0.05) is 19.3 Å². The van der Waals surface area contributed by atoms with Gasteiger partial charge in [0, 0.05) is 38.3 Å². The molecule has 0 radical (unpaired) electrons. The third-order valence-corrected chi connectivity index (χ3v) is 4.88. The zero-order valence-electron chi connectivity index (χ0n) is 13.8. The van der Waals surface area contributed by atoms with Crippen LogP contribution < -0.4 is 0 Å². The second kappa shape index (κ2) is 7.70. The predicted octanol–water partition coefficient (Wildman–Crippen LogP) is 1.62. The third-order valence-electron chi connectivity index (χ3n) is 4.88. The molecule has 2 heterocycles. The summed E-state index contributed by atoms with van der Waals surface area (Å²) >= 11 is 0. The van der Waals surface area contributed by atoms with Crippen LogP contribution in [0.15, 0.2) is 16.5 Å². The van der Waals surface area contributed by atoms with E-state index in [1.165, 1.54) is 44.2 Å². The number of hydrogen-bond acceptors (Lipinski definition) is 6. The maximum Gasteiger partial charge on any atom is 0.374 e. The lowest BCUT2D eigenvalue weighted by Gasteiger charge is -2.40. The van der Waals surface area contributed by atoms with Crippen LogP contribution in [-0.2, 0) is 9.53 Å². The SMILES string of the molecule is O=C(OCC(=O)N1CCN(C2CCCCC2)CC1)c1ccc(O)o1. The van der Waals surface area contributed by atoms with Gasteiger partial charge in [0.05, 0.1) is 0 Å². The topological polar surface area (TPSA) is 83.2 Å². The number of rotatable bonds is 4. The van der Waals surface area contributed by atoms with Gasteiger partial charge in [0.2, 0.25) is 5.76 Å². The zero-order chi connectivity index (χ0) is 16.9. The Balaban J connectivity index is 1.41. The smallest absolute Gasteiger partial charge is 0.374 e. The highest BCUT2D eigenvalue weighted by atomic mass is 16.6. The molecule has 1 aliphatic heterocycles. The van der Waals surface area contributed by atoms with E-state index in [1.54, 1.807) is 4.90 Å². The second-order valence-corrected chi connectivity index (χ2v) is 6.42. The summed E-state index contributed by atoms with van der Waals surface area (Å²) in [5, 5.41) is 9.06. The maximum atomic E-state index is 12.2. The largest absolute Gasteiger partial charge is 0.481 e. The first-order chi connectivity index (χ1) is 11.6. The number of hydrogen-bond donors (Lipinski definition) is 1. The van der Waals surface area contributed by atoms with Crippen LogP contribution >= 0.6 is 0 Å². The summed E-state index contributed by atoms with van der Waals surface area (Å²) in [4.78, 5) is 28.1. The minimum atomic E-state index is -0.746. The number of furan rings is 1. The number of nitrogens with zero attached hydrogens (tertiary/aromatic N) is 2. The Kier molecular flexibility index (Phi) is 5.40. The van der Waals surface area contributed by atoms with Crippen LogP contribution in [0.4, 0.5) is 0 Å². The standard InChI is InChI=1S/C17H24N2O5/c20-15(12-23-17(22)14-6-7-16(21)24-14)19-10-8-18(9-11-19)13-4-2-1-3-5-13/h6-7,13,21H,1-5,8-12H2. The summed E-state index contributed by atoms with van der Waals surface area (Å²) in [6, 6.07) is 3.23. The molecule has 1 N–H and O–H groups in total. The van der Waals surface area contributed by atoms with Crippen LogP contribution in [0.3, 0.4) is 0 Å². The first kappa shape index (κ1) is 16.8. The third kappa shape index (κ3) is 4.08. The van der Waals surface area contributed by atoms with E-state index in [9.17, 15) is 9.59 Å². The summed E-state index contributed by atoms with van der Waals surface area (Å²) in [6.45, 7) is 2.82. The van der Waals surface area contributed by atoms with E-state index >= 15 is 0 Å². The molecule has 7 nitrogen and oxygen atoms in total. The molecule has 0 bridgehead atoms. The van der Waals surface area contributed by atoms with Gasteiger partial charge in [-0.25, -0.2) is 4.79 Å². The highest BCUT2D eigenvalue weighted by molar-refractivity contribution is 5.89. The average molecular weight is 336 g/mol. The first-order valence-electron chi connectivity index (χ1n) is 8.61. The van der Waals surface area contributed by atoms with Gasteiger partial charge < -0.3 is 19.2 Å². The molecule has 2 fully saturated rings. The normalized spacial score (nSPS) is 20.1. The fraction of sp³-hybridized carbons (Fsp3) is 0.647. The molecule has 24 heavy (non-hydrogen) atoms. The maximum absolute atomic E-state index is 12.2. The first-order valence-corrected chi connectivity index (χ1v) is 8.61. The fourth-order valence-corrected chi connectivity index (χ4v) is 3.51. The van der Waals surface area contributed by atoms with Crippen molar-refractivity contribution >= 4 is 11.9 Å². The monoisotopic (exact) mass is 336 g/mol. The van der Waals surface area contributed by atoms with Gasteiger partial charge >= 0.3 is 5.97 Å². The fourth-order valence-electron chi connectivity index (χ4n) is 3.51. The van der Waals surface area contributed by atoms with Crippen molar-refractivity contribution in [3.8, 4) is 5.95 Å². The zero-order valence-corrected chi connectivity index (χ0v) is 13.8. The highest BCUT2D eigenvalue weighted by Gasteiger charge is 2.27. The van der Waals surface area contributed by atoms with Crippen molar-refractivity contribution in [1.29, 1.82) is 0 Å². The lowest BCUT2D eigenvalue weighted by Crippen LogP contribution is -2.53. The molecule has 1 aliphatic carbocycles. The molecular weight excluding hydrogens is 312 g/mol. The van der Waals surface area contributed by atoms with E-state index in [0.29, 0.717) is 19.1 Å². The molecule has 1 aromatic rings. The van der Waals surface area contributed by atoms with E-state index in [-0.39, 0.29) is 24.2 Å². The van der Waals surface area contributed by atoms with Crippen molar-refractivity contribution in [2.24, 2.45) is 0 Å². The number of carbonyl (C=O) groups is 2. The van der Waals surface area contributed by atoms with Gasteiger partial charge in [-0.15, -0.1) is 0 Å². The summed E-state index contributed by atoms with van der Waals surface area (Å²) in [5.74, 6) is -1.40. The number of ether oxygens (including phenoxy) is 1. The van der Waals surface area contributed by atoms with Crippen molar-refractivity contribution in [2.45, 2.75) is 38.1 Å². The molecule has 3 rings (SSSR count). The Bertz CT molecular complexity index is 571. The Hall–Kier alpha value is -2.02. The molecule has 7 heteroatoms. The molecule has 0 spiro atoms. The molecule has 132 valence electrons. The van der Waals surface area contributed by atoms with Crippen LogP contribution in [0.1, 0.15) is 42.7 Å². The van der Waals surface area contributed by atoms with Gasteiger partial charge in [0.1, 0.15) is 0 Å². The Labute approximate surface area is 141 Å². The van der Waals surface area contributed by atoms with E-state index in [4.69, 9.17) is 14.3 Å². The van der Waals surface area contributed by atoms with Gasteiger partial charge in [0.25, 0.3) is 11.9 Å². The predicted molar refractivity (Wildman–Crippen MR) is 85.7 cm³/mol. The number of piperazine rings is 1. The molecule has 1 amide bonds. The van der Waals surface area contributed by atoms with Gasteiger partial charge in [-0.2, -0.15) is 0 Å². The quantitative estimate of drug-likeness (QED) is 0.841. The summed E-state index contributed by atoms with van der Waals surface area (Å²) in [5.41, 5.74) is 0. The van der Waals surface area contributed by atoms with Gasteiger partial charge in [-0.05, 0) is 18.9 Å². The van der Waals surface area contributed by atoms with E-state index in [2.05, 4.69) is 4.90 Å². The second-order valence-electron chi connectivity index (χ2n) is 6.42. The highest BCUT2D eigenvalue weighted by Crippen LogP contribution is 2.23. The minimum absolute atomic E-state index is 0.109. The van der Waals surface area contributed by atoms with Crippen molar-refractivity contribution in [1.82, 2.24) is 9.80 Å². The molecule has 1 saturated heterocycles. The van der Waals surface area contributed by atoms with Crippen LogP contribution in [-0.4, -0.2) is 65.6 Å². The number of esters is 1. The average Bonchev–Trinajstić information content (AvgIpc) is 3.07. The molecular formula is C17H24N2O5. The molecule has 0 unspecified atom stereocenters. The minimum Gasteiger partial charge on any atom is -0.481 e. The Morgan fingerprint density at radius 1 is 1.12 bits per heavy atom. The van der Waals surface area contributed by atoms with Crippen molar-refractivity contribution in [3.05, 3.63) is 17.9 Å². The van der Waals surface area contributed by atoms with Crippen LogP contribution in [0.25, 0.3) is 0 Å². The Morgan fingerprint density at radius 2 is 1.83 bits per heavy atom. The molecule has 1 saturated carbocycles. The van der Waals surface area contributed by atoms with Gasteiger partial charge in [0.15, 0.2) is 6.61 Å². The van der Waals surface area contributed by atoms with Crippen molar-refractivity contribution in [3.63, 3.8) is 0 Å². The number of amides is 1. The van der Waals surface area contributed by atoms with Crippen molar-refractivity contribution in [2.75, 3.05) is 32.8 Å². The van der Waals surface area contributed by atoms with Crippen molar-refractivity contribution < 1.29 is 23.8 Å². The molecule has 2 aliphatic rings. The summed E-state index contributed by atoms with van der Waals surface area (Å²) < 4.78 is 9.70. The summed E-state index contributed by atoms with van der Waals surface area (Å²) in [7, 11) is 0. The van der Waals surface area contributed by atoms with Crippen LogP contribution in [0.5, 0.6) is 5.95 Å². The van der Waals surface area contributed by atoms with Crippen LogP contribution in [0.2, 0.25) is 0 Å². The lowest BCUT2D eigenvalue weighted by atomic mass is 9.94. The molecule has 1 aromatic heterocycles. The molecule has 0 aromatic carbocycles. The van der Waals surface area contributed by atoms with E-state index < -0.39 is 5.97 Å². The van der Waals surface area contributed by atoms with Gasteiger partial charge in [-0.3, -0.25) is 9.69 Å².